The van der Waals surface area contributed by atoms with E-state index in [1.54, 1.807) is 12.3 Å². The lowest BCUT2D eigenvalue weighted by Gasteiger charge is -2.08. The number of aromatic nitrogens is 2. The smallest absolute Gasteiger partial charge is 0.0766 e. The van der Waals surface area contributed by atoms with Gasteiger partial charge in [-0.15, -0.1) is 0 Å². The third-order valence-electron chi connectivity index (χ3n) is 1.67. The molecule has 1 atom stereocenters. The van der Waals surface area contributed by atoms with Crippen LogP contribution in [0.1, 0.15) is 11.3 Å². The van der Waals surface area contributed by atoms with E-state index >= 15 is 0 Å². The van der Waals surface area contributed by atoms with Crippen molar-refractivity contribution in [1.29, 1.82) is 0 Å². The molecule has 1 aromatic heterocycles. The molecule has 0 aliphatic heterocycles. The van der Waals surface area contributed by atoms with Gasteiger partial charge in [-0.3, -0.25) is 5.10 Å². The molecule has 1 unspecified atom stereocenters. The lowest BCUT2D eigenvalue weighted by atomic mass is 10.0. The van der Waals surface area contributed by atoms with Crippen LogP contribution in [-0.4, -0.2) is 21.4 Å². The Hall–Kier alpha value is -1.09. The summed E-state index contributed by atoms with van der Waals surface area (Å²) < 4.78 is 0. The Morgan fingerprint density at radius 2 is 2.60 bits per heavy atom. The van der Waals surface area contributed by atoms with Gasteiger partial charge in [0.2, 0.25) is 0 Å². The van der Waals surface area contributed by atoms with Crippen LogP contribution in [0, 0.1) is 0 Å². The number of hydrogen-bond acceptors (Lipinski definition) is 2. The van der Waals surface area contributed by atoms with Crippen molar-refractivity contribution in [1.82, 2.24) is 10.2 Å². The SMILES string of the molecule is OC1C=Cc2[nH]ncc2C1. The quantitative estimate of drug-likeness (QED) is 0.540. The van der Waals surface area contributed by atoms with Crippen LogP contribution in [0.3, 0.4) is 0 Å². The molecule has 0 saturated carbocycles. The van der Waals surface area contributed by atoms with Crippen LogP contribution in [0.25, 0.3) is 6.08 Å². The van der Waals surface area contributed by atoms with Crippen LogP contribution in [-0.2, 0) is 6.42 Å². The Bertz CT molecular complexity index is 264. The van der Waals surface area contributed by atoms with Crippen LogP contribution in [0.5, 0.6) is 0 Å². The van der Waals surface area contributed by atoms with Crippen molar-refractivity contribution < 1.29 is 5.11 Å². The summed E-state index contributed by atoms with van der Waals surface area (Å²) in [4.78, 5) is 0. The molecule has 3 heteroatoms. The van der Waals surface area contributed by atoms with Crippen molar-refractivity contribution in [3.8, 4) is 0 Å². The second-order valence-electron chi connectivity index (χ2n) is 2.44. The van der Waals surface area contributed by atoms with Crippen molar-refractivity contribution in [2.24, 2.45) is 0 Å². The minimum absolute atomic E-state index is 0.329. The summed E-state index contributed by atoms with van der Waals surface area (Å²) in [6, 6.07) is 0. The first kappa shape index (κ1) is 5.68. The molecule has 0 saturated heterocycles. The van der Waals surface area contributed by atoms with Crippen molar-refractivity contribution in [3.05, 3.63) is 23.5 Å². The van der Waals surface area contributed by atoms with Crippen molar-refractivity contribution in [3.63, 3.8) is 0 Å². The number of aromatic amines is 1. The molecular weight excluding hydrogens is 128 g/mol. The van der Waals surface area contributed by atoms with Crippen LogP contribution in [0.4, 0.5) is 0 Å². The Balaban J connectivity index is 2.43. The Morgan fingerprint density at radius 3 is 3.50 bits per heavy atom. The van der Waals surface area contributed by atoms with Gasteiger partial charge in [0.05, 0.1) is 18.0 Å². The highest BCUT2D eigenvalue weighted by molar-refractivity contribution is 5.52. The van der Waals surface area contributed by atoms with Gasteiger partial charge in [-0.25, -0.2) is 0 Å². The maximum atomic E-state index is 9.15. The van der Waals surface area contributed by atoms with Gasteiger partial charge >= 0.3 is 0 Å². The van der Waals surface area contributed by atoms with Gasteiger partial charge in [-0.2, -0.15) is 5.10 Å². The summed E-state index contributed by atoms with van der Waals surface area (Å²) in [5.74, 6) is 0. The molecule has 0 spiro atoms. The molecule has 1 aromatic rings. The molecule has 0 radical (unpaired) electrons. The lowest BCUT2D eigenvalue weighted by Crippen LogP contribution is -2.09. The van der Waals surface area contributed by atoms with E-state index < -0.39 is 0 Å². The van der Waals surface area contributed by atoms with E-state index in [0.29, 0.717) is 6.42 Å². The monoisotopic (exact) mass is 136 g/mol. The van der Waals surface area contributed by atoms with E-state index in [1.807, 2.05) is 6.08 Å². The van der Waals surface area contributed by atoms with Crippen LogP contribution in [0.15, 0.2) is 12.3 Å². The predicted octanol–water partition coefficient (Wildman–Crippen LogP) is 0.340. The molecule has 1 heterocycles. The van der Waals surface area contributed by atoms with E-state index in [9.17, 15) is 0 Å². The van der Waals surface area contributed by atoms with Gasteiger partial charge in [0, 0.05) is 12.0 Å². The molecule has 1 aliphatic rings. The number of fused-ring (bicyclic) bond motifs is 1. The second kappa shape index (κ2) is 1.95. The zero-order chi connectivity index (χ0) is 6.97. The topological polar surface area (TPSA) is 48.9 Å². The molecule has 3 nitrogen and oxygen atoms in total. The van der Waals surface area contributed by atoms with Crippen LogP contribution in [0.2, 0.25) is 0 Å². The average molecular weight is 136 g/mol. The second-order valence-corrected chi connectivity index (χ2v) is 2.44. The molecule has 1 aliphatic carbocycles. The van der Waals surface area contributed by atoms with Gasteiger partial charge in [0.1, 0.15) is 0 Å². The van der Waals surface area contributed by atoms with E-state index in [0.717, 1.165) is 11.3 Å². The first-order valence-electron chi connectivity index (χ1n) is 3.25. The molecule has 2 N–H and O–H groups in total. The summed E-state index contributed by atoms with van der Waals surface area (Å²) in [5, 5.41) is 15.8. The van der Waals surface area contributed by atoms with Gasteiger partial charge in [-0.05, 0) is 6.08 Å². The molecule has 0 amide bonds. The number of aliphatic hydroxyl groups excluding tert-OH is 1. The van der Waals surface area contributed by atoms with Crippen LogP contribution < -0.4 is 0 Å². The number of hydrogen-bond donors (Lipinski definition) is 2. The molecule has 2 rings (SSSR count). The number of H-pyrrole nitrogens is 1. The fraction of sp³-hybridized carbons (Fsp3) is 0.286. The van der Waals surface area contributed by atoms with Crippen molar-refractivity contribution in [2.75, 3.05) is 0 Å². The fourth-order valence-corrected chi connectivity index (χ4v) is 1.13. The van der Waals surface area contributed by atoms with E-state index in [2.05, 4.69) is 10.2 Å². The number of nitrogens with one attached hydrogen (secondary N) is 1. The summed E-state index contributed by atoms with van der Waals surface area (Å²) in [6.45, 7) is 0. The minimum atomic E-state index is -0.329. The largest absolute Gasteiger partial charge is 0.389 e. The summed E-state index contributed by atoms with van der Waals surface area (Å²) in [5.41, 5.74) is 2.11. The Kier molecular flexibility index (Phi) is 1.11. The number of rotatable bonds is 0. The van der Waals surface area contributed by atoms with E-state index in [-0.39, 0.29) is 6.10 Å². The minimum Gasteiger partial charge on any atom is -0.389 e. The van der Waals surface area contributed by atoms with Crippen molar-refractivity contribution >= 4 is 6.08 Å². The van der Waals surface area contributed by atoms with Crippen molar-refractivity contribution in [2.45, 2.75) is 12.5 Å². The molecular formula is C7H8N2O. The summed E-state index contributed by atoms with van der Waals surface area (Å²) in [7, 11) is 0. The zero-order valence-electron chi connectivity index (χ0n) is 5.41. The fourth-order valence-electron chi connectivity index (χ4n) is 1.13. The third kappa shape index (κ3) is 0.752. The average Bonchev–Trinajstić information content (AvgIpc) is 2.33. The molecule has 0 fully saturated rings. The maximum Gasteiger partial charge on any atom is 0.0766 e. The number of aliphatic hydroxyl groups is 1. The van der Waals surface area contributed by atoms with Gasteiger partial charge < -0.3 is 5.11 Å². The van der Waals surface area contributed by atoms with Gasteiger partial charge in [-0.1, -0.05) is 6.08 Å². The molecule has 52 valence electrons. The predicted molar refractivity (Wildman–Crippen MR) is 37.3 cm³/mol. The molecule has 0 aromatic carbocycles. The summed E-state index contributed by atoms with van der Waals surface area (Å²) >= 11 is 0. The summed E-state index contributed by atoms with van der Waals surface area (Å²) in [6.07, 6.45) is 5.73. The van der Waals surface area contributed by atoms with E-state index in [1.165, 1.54) is 0 Å². The van der Waals surface area contributed by atoms with E-state index in [4.69, 9.17) is 5.11 Å². The van der Waals surface area contributed by atoms with Gasteiger partial charge in [0.15, 0.2) is 0 Å². The first-order valence-corrected chi connectivity index (χ1v) is 3.25. The lowest BCUT2D eigenvalue weighted by molar-refractivity contribution is 0.223. The Labute approximate surface area is 58.4 Å². The third-order valence-corrected chi connectivity index (χ3v) is 1.67. The molecule has 0 bridgehead atoms. The highest BCUT2D eigenvalue weighted by Crippen LogP contribution is 2.15. The first-order chi connectivity index (χ1) is 4.86. The molecule has 10 heavy (non-hydrogen) atoms. The highest BCUT2D eigenvalue weighted by atomic mass is 16.3. The standard InChI is InChI=1S/C7H8N2O/c10-6-1-2-7-5(3-6)4-8-9-7/h1-2,4,6,10H,3H2,(H,8,9). The van der Waals surface area contributed by atoms with Gasteiger partial charge in [0.25, 0.3) is 0 Å². The maximum absolute atomic E-state index is 9.15. The van der Waals surface area contributed by atoms with Crippen LogP contribution >= 0.6 is 0 Å². The Morgan fingerprint density at radius 1 is 1.70 bits per heavy atom. The zero-order valence-corrected chi connectivity index (χ0v) is 5.41. The normalized spacial score (nSPS) is 22.7. The number of nitrogens with zero attached hydrogens (tertiary/aromatic N) is 1. The highest BCUT2D eigenvalue weighted by Gasteiger charge is 2.11.